The number of benzene rings is 1. The van der Waals surface area contributed by atoms with Crippen molar-refractivity contribution in [3.8, 4) is 5.69 Å². The normalized spacial score (nSPS) is 10.4. The number of nitrogens with zero attached hydrogens (tertiary/aromatic N) is 3. The van der Waals surface area contributed by atoms with E-state index in [2.05, 4.69) is 4.98 Å². The summed E-state index contributed by atoms with van der Waals surface area (Å²) in [6, 6.07) is 6.50. The first-order valence-corrected chi connectivity index (χ1v) is 4.85. The molecule has 0 saturated carbocycles. The van der Waals surface area contributed by atoms with Crippen molar-refractivity contribution in [1.29, 1.82) is 0 Å². The molecule has 0 aliphatic carbocycles. The van der Waals surface area contributed by atoms with Gasteiger partial charge in [-0.25, -0.2) is 4.98 Å². The third-order valence-electron chi connectivity index (χ3n) is 2.57. The summed E-state index contributed by atoms with van der Waals surface area (Å²) in [5.41, 5.74) is 2.75. The van der Waals surface area contributed by atoms with E-state index in [0.717, 1.165) is 17.1 Å². The topological polar surface area (TPSA) is 61.0 Å². The molecule has 2 aromatic rings. The van der Waals surface area contributed by atoms with Crippen LogP contribution >= 0.6 is 0 Å². The highest BCUT2D eigenvalue weighted by atomic mass is 16.6. The van der Waals surface area contributed by atoms with Crippen LogP contribution in [0, 0.1) is 24.0 Å². The van der Waals surface area contributed by atoms with Gasteiger partial charge in [0.05, 0.1) is 22.6 Å². The maximum absolute atomic E-state index is 10.7. The van der Waals surface area contributed by atoms with E-state index in [9.17, 15) is 10.1 Å². The lowest BCUT2D eigenvalue weighted by Crippen LogP contribution is -1.96. The van der Waals surface area contributed by atoms with Gasteiger partial charge < -0.3 is 4.57 Å². The molecule has 16 heavy (non-hydrogen) atoms. The summed E-state index contributed by atoms with van der Waals surface area (Å²) in [7, 11) is 0. The van der Waals surface area contributed by atoms with Crippen LogP contribution in [0.3, 0.4) is 0 Å². The highest BCUT2D eigenvalue weighted by Crippen LogP contribution is 2.18. The molecule has 82 valence electrons. The largest absolute Gasteiger partial charge is 0.303 e. The maximum Gasteiger partial charge on any atom is 0.271 e. The second-order valence-corrected chi connectivity index (χ2v) is 3.56. The lowest BCUT2D eigenvalue weighted by atomic mass is 10.2. The molecular formula is C11H11N3O2. The Kier molecular flexibility index (Phi) is 2.44. The fourth-order valence-electron chi connectivity index (χ4n) is 1.52. The van der Waals surface area contributed by atoms with Gasteiger partial charge in [-0.3, -0.25) is 10.1 Å². The molecule has 0 spiro atoms. The van der Waals surface area contributed by atoms with E-state index < -0.39 is 4.92 Å². The molecule has 0 aliphatic rings. The van der Waals surface area contributed by atoms with Crippen LogP contribution < -0.4 is 0 Å². The molecule has 0 saturated heterocycles. The fraction of sp³-hybridized carbons (Fsp3) is 0.182. The van der Waals surface area contributed by atoms with Crippen LogP contribution in [0.25, 0.3) is 5.69 Å². The summed E-state index contributed by atoms with van der Waals surface area (Å²) in [5, 5.41) is 10.7. The van der Waals surface area contributed by atoms with Gasteiger partial charge >= 0.3 is 0 Å². The number of hydrogen-bond donors (Lipinski definition) is 0. The predicted octanol–water partition coefficient (Wildman–Crippen LogP) is 2.40. The molecule has 0 amide bonds. The Morgan fingerprint density at radius 3 is 2.69 bits per heavy atom. The third kappa shape index (κ3) is 1.67. The Morgan fingerprint density at radius 1 is 1.38 bits per heavy atom. The molecule has 0 N–H and O–H groups in total. The van der Waals surface area contributed by atoms with E-state index in [1.165, 1.54) is 12.1 Å². The molecular weight excluding hydrogens is 206 g/mol. The lowest BCUT2D eigenvalue weighted by molar-refractivity contribution is -0.384. The van der Waals surface area contributed by atoms with E-state index in [0.29, 0.717) is 0 Å². The quantitative estimate of drug-likeness (QED) is 0.573. The van der Waals surface area contributed by atoms with Crippen LogP contribution in [-0.2, 0) is 0 Å². The first-order chi connectivity index (χ1) is 7.59. The van der Waals surface area contributed by atoms with Crippen LogP contribution in [0.2, 0.25) is 0 Å². The molecule has 1 aromatic carbocycles. The zero-order valence-corrected chi connectivity index (χ0v) is 9.04. The first kappa shape index (κ1) is 10.4. The van der Waals surface area contributed by atoms with E-state index in [1.807, 2.05) is 24.5 Å². The van der Waals surface area contributed by atoms with E-state index >= 15 is 0 Å². The highest BCUT2D eigenvalue weighted by Gasteiger charge is 2.09. The van der Waals surface area contributed by atoms with Gasteiger partial charge in [0.2, 0.25) is 0 Å². The molecule has 5 heteroatoms. The fourth-order valence-corrected chi connectivity index (χ4v) is 1.52. The standard InChI is InChI=1S/C11H11N3O2/c1-8-9(2)13(7-12-8)10-4-3-5-11(6-10)14(15)16/h3-7H,1-2H3. The summed E-state index contributed by atoms with van der Waals surface area (Å²) in [4.78, 5) is 14.4. The minimum absolute atomic E-state index is 0.0863. The molecule has 2 rings (SSSR count). The van der Waals surface area contributed by atoms with E-state index in [1.54, 1.807) is 12.4 Å². The van der Waals surface area contributed by atoms with Gasteiger partial charge in [-0.1, -0.05) is 6.07 Å². The summed E-state index contributed by atoms with van der Waals surface area (Å²) in [6.45, 7) is 3.84. The summed E-state index contributed by atoms with van der Waals surface area (Å²) < 4.78 is 1.84. The van der Waals surface area contributed by atoms with Crippen molar-refractivity contribution < 1.29 is 4.92 Å². The zero-order valence-electron chi connectivity index (χ0n) is 9.04. The van der Waals surface area contributed by atoms with Gasteiger partial charge in [-0.15, -0.1) is 0 Å². The molecule has 0 bridgehead atoms. The van der Waals surface area contributed by atoms with Crippen molar-refractivity contribution in [2.45, 2.75) is 13.8 Å². The SMILES string of the molecule is Cc1ncn(-c2cccc([N+](=O)[O-])c2)c1C. The summed E-state index contributed by atoms with van der Waals surface area (Å²) in [5.74, 6) is 0. The number of aryl methyl sites for hydroxylation is 1. The Bertz CT molecular complexity index is 546. The van der Waals surface area contributed by atoms with Gasteiger partial charge in [-0.2, -0.15) is 0 Å². The van der Waals surface area contributed by atoms with Crippen molar-refractivity contribution in [2.75, 3.05) is 0 Å². The summed E-state index contributed by atoms with van der Waals surface area (Å²) in [6.07, 6.45) is 1.67. The molecule has 0 unspecified atom stereocenters. The molecule has 0 atom stereocenters. The van der Waals surface area contributed by atoms with Crippen LogP contribution in [-0.4, -0.2) is 14.5 Å². The average Bonchev–Trinajstić information content (AvgIpc) is 2.60. The smallest absolute Gasteiger partial charge is 0.271 e. The van der Waals surface area contributed by atoms with Crippen LogP contribution in [0.5, 0.6) is 0 Å². The van der Waals surface area contributed by atoms with Crippen molar-refractivity contribution in [3.05, 3.63) is 52.1 Å². The Hall–Kier alpha value is -2.17. The number of imidazole rings is 1. The van der Waals surface area contributed by atoms with Crippen molar-refractivity contribution in [3.63, 3.8) is 0 Å². The predicted molar refractivity (Wildman–Crippen MR) is 59.7 cm³/mol. The van der Waals surface area contributed by atoms with Crippen LogP contribution in [0.1, 0.15) is 11.4 Å². The average molecular weight is 217 g/mol. The molecule has 5 nitrogen and oxygen atoms in total. The molecule has 0 fully saturated rings. The lowest BCUT2D eigenvalue weighted by Gasteiger charge is -2.04. The van der Waals surface area contributed by atoms with E-state index in [4.69, 9.17) is 0 Å². The second-order valence-electron chi connectivity index (χ2n) is 3.56. The number of rotatable bonds is 2. The summed E-state index contributed by atoms with van der Waals surface area (Å²) >= 11 is 0. The zero-order chi connectivity index (χ0) is 11.7. The van der Waals surface area contributed by atoms with E-state index in [-0.39, 0.29) is 5.69 Å². The van der Waals surface area contributed by atoms with Gasteiger partial charge in [-0.05, 0) is 19.9 Å². The minimum Gasteiger partial charge on any atom is -0.303 e. The number of nitro benzene ring substituents is 1. The first-order valence-electron chi connectivity index (χ1n) is 4.85. The van der Waals surface area contributed by atoms with Gasteiger partial charge in [0.15, 0.2) is 0 Å². The van der Waals surface area contributed by atoms with Gasteiger partial charge in [0.1, 0.15) is 0 Å². The van der Waals surface area contributed by atoms with Crippen molar-refractivity contribution in [2.24, 2.45) is 0 Å². The Balaban J connectivity index is 2.52. The monoisotopic (exact) mass is 217 g/mol. The number of non-ortho nitro benzene ring substituents is 1. The van der Waals surface area contributed by atoms with Gasteiger partial charge in [0.25, 0.3) is 5.69 Å². The number of aromatic nitrogens is 2. The van der Waals surface area contributed by atoms with Crippen molar-refractivity contribution in [1.82, 2.24) is 9.55 Å². The van der Waals surface area contributed by atoms with Gasteiger partial charge in [0, 0.05) is 17.8 Å². The minimum atomic E-state index is -0.400. The molecule has 1 heterocycles. The van der Waals surface area contributed by atoms with Crippen molar-refractivity contribution >= 4 is 5.69 Å². The molecule has 0 aliphatic heterocycles. The Morgan fingerprint density at radius 2 is 2.12 bits per heavy atom. The number of nitro groups is 1. The molecule has 1 aromatic heterocycles. The highest BCUT2D eigenvalue weighted by molar-refractivity contribution is 5.44. The third-order valence-corrected chi connectivity index (χ3v) is 2.57. The Labute approximate surface area is 92.5 Å². The molecule has 0 radical (unpaired) electrons. The second kappa shape index (κ2) is 3.77. The number of hydrogen-bond acceptors (Lipinski definition) is 3. The maximum atomic E-state index is 10.7. The van der Waals surface area contributed by atoms with Crippen LogP contribution in [0.4, 0.5) is 5.69 Å². The van der Waals surface area contributed by atoms with Crippen LogP contribution in [0.15, 0.2) is 30.6 Å².